The summed E-state index contributed by atoms with van der Waals surface area (Å²) >= 11 is 1.45. The van der Waals surface area contributed by atoms with Gasteiger partial charge >= 0.3 is 11.9 Å². The van der Waals surface area contributed by atoms with Gasteiger partial charge in [-0.3, -0.25) is 0 Å². The van der Waals surface area contributed by atoms with E-state index in [2.05, 4.69) is 0 Å². The molecule has 7 nitrogen and oxygen atoms in total. The first kappa shape index (κ1) is 19.1. The molecule has 0 aliphatic carbocycles. The fourth-order valence-corrected chi connectivity index (χ4v) is 3.56. The number of carbonyl (C=O) groups excluding carboxylic acids is 2. The van der Waals surface area contributed by atoms with Crippen LogP contribution in [0.1, 0.15) is 16.5 Å². The van der Waals surface area contributed by atoms with E-state index in [9.17, 15) is 14.7 Å². The fraction of sp³-hybridized carbons (Fsp3) is 0.263. The number of anilines is 1. The Labute approximate surface area is 160 Å². The van der Waals surface area contributed by atoms with Gasteiger partial charge in [0.15, 0.2) is 0 Å². The van der Waals surface area contributed by atoms with Gasteiger partial charge in [-0.1, -0.05) is 18.2 Å². The van der Waals surface area contributed by atoms with Crippen molar-refractivity contribution < 1.29 is 28.9 Å². The molecule has 2 heterocycles. The van der Waals surface area contributed by atoms with Gasteiger partial charge in [0.25, 0.3) is 0 Å². The van der Waals surface area contributed by atoms with Crippen molar-refractivity contribution in [1.82, 2.24) is 0 Å². The molecule has 1 aliphatic heterocycles. The number of benzene rings is 1. The van der Waals surface area contributed by atoms with Crippen LogP contribution in [0.4, 0.5) is 5.69 Å². The molecule has 1 unspecified atom stereocenters. The van der Waals surface area contributed by atoms with Crippen LogP contribution in [0.2, 0.25) is 0 Å². The largest absolute Gasteiger partial charge is 0.466 e. The third-order valence-electron chi connectivity index (χ3n) is 4.14. The molecule has 0 radical (unpaired) electrons. The lowest BCUT2D eigenvalue weighted by atomic mass is 10.1. The summed E-state index contributed by atoms with van der Waals surface area (Å²) in [4.78, 5) is 26.8. The van der Waals surface area contributed by atoms with Crippen LogP contribution in [0.5, 0.6) is 0 Å². The smallest absolute Gasteiger partial charge is 0.355 e. The van der Waals surface area contributed by atoms with Gasteiger partial charge < -0.3 is 24.2 Å². The van der Waals surface area contributed by atoms with Gasteiger partial charge in [-0.2, -0.15) is 0 Å². The average Bonchev–Trinajstić information content (AvgIpc) is 3.26. The zero-order valence-electron chi connectivity index (χ0n) is 14.9. The number of aliphatic hydroxyl groups excluding tert-OH is 1. The molecule has 1 N–H and O–H groups in total. The number of hydrogen-bond donors (Lipinski definition) is 1. The van der Waals surface area contributed by atoms with Crippen LogP contribution in [0.3, 0.4) is 0 Å². The first-order chi connectivity index (χ1) is 13.1. The molecule has 0 saturated heterocycles. The van der Waals surface area contributed by atoms with Crippen LogP contribution in [-0.2, 0) is 23.8 Å². The highest BCUT2D eigenvalue weighted by Crippen LogP contribution is 2.31. The van der Waals surface area contributed by atoms with Crippen LogP contribution >= 0.6 is 11.3 Å². The first-order valence-corrected chi connectivity index (χ1v) is 9.01. The van der Waals surface area contributed by atoms with E-state index in [1.807, 2.05) is 17.5 Å². The molecule has 1 atom stereocenters. The Hall–Kier alpha value is -2.68. The van der Waals surface area contributed by atoms with Gasteiger partial charge in [-0.05, 0) is 29.1 Å². The molecule has 27 heavy (non-hydrogen) atoms. The molecule has 0 amide bonds. The van der Waals surface area contributed by atoms with Crippen LogP contribution < -0.4 is 4.90 Å². The van der Waals surface area contributed by atoms with Crippen LogP contribution in [0.25, 0.3) is 0 Å². The van der Waals surface area contributed by atoms with Crippen LogP contribution in [0.15, 0.2) is 53.0 Å². The molecule has 0 spiro atoms. The third kappa shape index (κ3) is 3.87. The standard InChI is InChI=1S/C19H19NO6S/c1-24-18(22)14-10-26-11-20(16(14)19(23)25-2)13-6-3-5-12(9-13)17(21)15-7-4-8-27-15/h3-9,17,21H,10-11H2,1-2H3. The van der Waals surface area contributed by atoms with E-state index in [0.29, 0.717) is 11.3 Å². The predicted molar refractivity (Wildman–Crippen MR) is 99.2 cm³/mol. The lowest BCUT2D eigenvalue weighted by molar-refractivity contribution is -0.140. The summed E-state index contributed by atoms with van der Waals surface area (Å²) in [7, 11) is 2.48. The van der Waals surface area contributed by atoms with E-state index < -0.39 is 18.0 Å². The normalized spacial score (nSPS) is 15.4. The average molecular weight is 389 g/mol. The molecule has 0 fully saturated rings. The predicted octanol–water partition coefficient (Wildman–Crippen LogP) is 2.22. The number of aliphatic hydroxyl groups is 1. The van der Waals surface area contributed by atoms with Crippen molar-refractivity contribution in [3.63, 3.8) is 0 Å². The van der Waals surface area contributed by atoms with Gasteiger partial charge in [-0.25, -0.2) is 9.59 Å². The molecule has 1 aromatic carbocycles. The Bertz CT molecular complexity index is 861. The van der Waals surface area contributed by atoms with Crippen molar-refractivity contribution in [2.24, 2.45) is 0 Å². The van der Waals surface area contributed by atoms with E-state index in [1.54, 1.807) is 24.3 Å². The number of nitrogens with zero attached hydrogens (tertiary/aromatic N) is 1. The minimum Gasteiger partial charge on any atom is -0.466 e. The highest BCUT2D eigenvalue weighted by atomic mass is 32.1. The van der Waals surface area contributed by atoms with Crippen molar-refractivity contribution in [2.75, 3.05) is 32.5 Å². The molecule has 1 aliphatic rings. The van der Waals surface area contributed by atoms with E-state index in [0.717, 1.165) is 4.88 Å². The summed E-state index contributed by atoms with van der Waals surface area (Å²) in [6, 6.07) is 10.8. The first-order valence-electron chi connectivity index (χ1n) is 8.13. The van der Waals surface area contributed by atoms with Gasteiger partial charge in [0.1, 0.15) is 18.5 Å². The van der Waals surface area contributed by atoms with Crippen molar-refractivity contribution in [2.45, 2.75) is 6.10 Å². The summed E-state index contributed by atoms with van der Waals surface area (Å²) in [5.41, 5.74) is 1.40. The van der Waals surface area contributed by atoms with Crippen LogP contribution in [0, 0.1) is 0 Å². The quantitative estimate of drug-likeness (QED) is 0.785. The fourth-order valence-electron chi connectivity index (χ4n) is 2.82. The summed E-state index contributed by atoms with van der Waals surface area (Å²) in [6.45, 7) is 0.00853. The topological polar surface area (TPSA) is 85.3 Å². The van der Waals surface area contributed by atoms with Gasteiger partial charge in [-0.15, -0.1) is 11.3 Å². The Morgan fingerprint density at radius 3 is 2.63 bits per heavy atom. The van der Waals surface area contributed by atoms with Crippen molar-refractivity contribution in [3.8, 4) is 0 Å². The number of carbonyl (C=O) groups is 2. The monoisotopic (exact) mass is 389 g/mol. The number of ether oxygens (including phenoxy) is 3. The van der Waals surface area contributed by atoms with Crippen molar-refractivity contribution in [1.29, 1.82) is 0 Å². The van der Waals surface area contributed by atoms with Gasteiger partial charge in [0, 0.05) is 10.6 Å². The van der Waals surface area contributed by atoms with E-state index in [1.165, 1.54) is 30.5 Å². The molecular formula is C19H19NO6S. The molecule has 142 valence electrons. The lowest BCUT2D eigenvalue weighted by Crippen LogP contribution is -2.38. The maximum absolute atomic E-state index is 12.4. The number of rotatable bonds is 5. The van der Waals surface area contributed by atoms with E-state index >= 15 is 0 Å². The zero-order valence-corrected chi connectivity index (χ0v) is 15.7. The number of hydrogen-bond acceptors (Lipinski definition) is 8. The minimum absolute atomic E-state index is 0.0505. The summed E-state index contributed by atoms with van der Waals surface area (Å²) in [5, 5.41) is 12.5. The van der Waals surface area contributed by atoms with E-state index in [4.69, 9.17) is 14.2 Å². The molecule has 8 heteroatoms. The molecule has 1 aromatic heterocycles. The molecule has 3 rings (SSSR count). The summed E-state index contributed by atoms with van der Waals surface area (Å²) < 4.78 is 15.1. The highest BCUT2D eigenvalue weighted by molar-refractivity contribution is 7.10. The zero-order chi connectivity index (χ0) is 19.4. The lowest BCUT2D eigenvalue weighted by Gasteiger charge is -2.31. The minimum atomic E-state index is -0.790. The third-order valence-corrected chi connectivity index (χ3v) is 5.07. The highest BCUT2D eigenvalue weighted by Gasteiger charge is 2.32. The maximum atomic E-state index is 12.4. The molecule has 0 saturated carbocycles. The van der Waals surface area contributed by atoms with E-state index in [-0.39, 0.29) is 24.6 Å². The number of esters is 2. The summed E-state index contributed by atoms with van der Waals surface area (Å²) in [5.74, 6) is -1.32. The second kappa shape index (κ2) is 8.34. The SMILES string of the molecule is COC(=O)C1=C(C(=O)OC)N(c2cccc(C(O)c3cccs3)c2)COC1. The molecule has 0 bridgehead atoms. The van der Waals surface area contributed by atoms with Crippen molar-refractivity contribution in [3.05, 3.63) is 63.5 Å². The van der Waals surface area contributed by atoms with Gasteiger partial charge in [0.05, 0.1) is 26.4 Å². The Morgan fingerprint density at radius 1 is 1.19 bits per heavy atom. The molecule has 2 aromatic rings. The van der Waals surface area contributed by atoms with Gasteiger partial charge in [0.2, 0.25) is 0 Å². The Balaban J connectivity index is 2.02. The number of methoxy groups -OCH3 is 2. The summed E-state index contributed by atoms with van der Waals surface area (Å²) in [6.07, 6.45) is -0.790. The second-order valence-electron chi connectivity index (χ2n) is 5.73. The number of thiophene rings is 1. The molecular weight excluding hydrogens is 370 g/mol. The second-order valence-corrected chi connectivity index (χ2v) is 6.71. The van der Waals surface area contributed by atoms with Crippen molar-refractivity contribution >= 4 is 29.0 Å². The van der Waals surface area contributed by atoms with Crippen LogP contribution in [-0.4, -0.2) is 44.6 Å². The Morgan fingerprint density at radius 2 is 1.96 bits per heavy atom. The maximum Gasteiger partial charge on any atom is 0.355 e. The Kier molecular flexibility index (Phi) is 5.90.